The molecule has 1 aromatic carbocycles. The van der Waals surface area contributed by atoms with Crippen LogP contribution in [-0.2, 0) is 19.1 Å². The van der Waals surface area contributed by atoms with Gasteiger partial charge in [0.25, 0.3) is 0 Å². The summed E-state index contributed by atoms with van der Waals surface area (Å²) in [5.41, 5.74) is -0.685. The van der Waals surface area contributed by atoms with Crippen molar-refractivity contribution in [1.82, 2.24) is 19.4 Å². The van der Waals surface area contributed by atoms with E-state index in [4.69, 9.17) is 4.74 Å². The second-order valence-electron chi connectivity index (χ2n) is 9.25. The molecule has 1 unspecified atom stereocenters. The van der Waals surface area contributed by atoms with Gasteiger partial charge in [0.2, 0.25) is 0 Å². The standard InChI is InChI=1S/C22H26F3N5O5/c1-21(14-28-12-18(30(33)34)26-19(28)35-21)13-27-9-7-17(8-10-27)29(20(31)32)11-6-15-2-4-16(5-3-15)22(23,24)25/h2-5,12,17H,6-11,13-14H2,1H3,(H,31,32). The van der Waals surface area contributed by atoms with Crippen LogP contribution in [0.1, 0.15) is 30.9 Å². The van der Waals surface area contributed by atoms with Crippen LogP contribution in [0.25, 0.3) is 0 Å². The molecule has 0 bridgehead atoms. The first-order valence-corrected chi connectivity index (χ1v) is 11.2. The second kappa shape index (κ2) is 9.36. The van der Waals surface area contributed by atoms with Gasteiger partial charge in [0.1, 0.15) is 11.8 Å². The lowest BCUT2D eigenvalue weighted by molar-refractivity contribution is -0.389. The molecule has 1 amide bonds. The SMILES string of the molecule is CC1(CN2CCC(N(CCc3ccc(C(F)(F)F)cc3)C(=O)O)CC2)Cn2cc([N+](=O)[O-])nc2O1. The first-order valence-electron chi connectivity index (χ1n) is 11.2. The number of nitrogens with zero attached hydrogens (tertiary/aromatic N) is 5. The van der Waals surface area contributed by atoms with Gasteiger partial charge < -0.3 is 24.9 Å². The molecule has 35 heavy (non-hydrogen) atoms. The Morgan fingerprint density at radius 1 is 1.31 bits per heavy atom. The minimum Gasteiger partial charge on any atom is -0.465 e. The van der Waals surface area contributed by atoms with Gasteiger partial charge in [-0.15, -0.1) is 0 Å². The fourth-order valence-electron chi connectivity index (χ4n) is 4.77. The number of hydrogen-bond donors (Lipinski definition) is 1. The van der Waals surface area contributed by atoms with E-state index in [1.807, 2.05) is 6.92 Å². The number of fused-ring (bicyclic) bond motifs is 1. The van der Waals surface area contributed by atoms with Crippen LogP contribution in [-0.4, -0.2) is 73.3 Å². The van der Waals surface area contributed by atoms with Crippen molar-refractivity contribution in [2.45, 2.75) is 50.6 Å². The summed E-state index contributed by atoms with van der Waals surface area (Å²) in [6.45, 7) is 4.40. The molecule has 2 aromatic rings. The molecular formula is C22H26F3N5O5. The smallest absolute Gasteiger partial charge is 0.416 e. The number of hydrogen-bond acceptors (Lipinski definition) is 6. The molecule has 4 rings (SSSR count). The van der Waals surface area contributed by atoms with E-state index in [0.717, 1.165) is 12.1 Å². The predicted octanol–water partition coefficient (Wildman–Crippen LogP) is 3.65. The van der Waals surface area contributed by atoms with Crippen molar-refractivity contribution in [3.05, 3.63) is 51.7 Å². The molecule has 1 saturated heterocycles. The van der Waals surface area contributed by atoms with Crippen LogP contribution in [0.4, 0.5) is 23.8 Å². The van der Waals surface area contributed by atoms with Crippen LogP contribution < -0.4 is 4.74 Å². The van der Waals surface area contributed by atoms with Crippen molar-refractivity contribution in [2.75, 3.05) is 26.2 Å². The van der Waals surface area contributed by atoms with E-state index in [-0.39, 0.29) is 24.4 Å². The lowest BCUT2D eigenvalue weighted by Gasteiger charge is -2.39. The van der Waals surface area contributed by atoms with Crippen LogP contribution in [0.3, 0.4) is 0 Å². The molecule has 1 aromatic heterocycles. The summed E-state index contributed by atoms with van der Waals surface area (Å²) < 4.78 is 45.7. The number of piperidine rings is 1. The molecule has 1 N–H and O–H groups in total. The Balaban J connectivity index is 1.28. The van der Waals surface area contributed by atoms with E-state index in [9.17, 15) is 33.2 Å². The second-order valence-corrected chi connectivity index (χ2v) is 9.25. The fraction of sp³-hybridized carbons (Fsp3) is 0.545. The van der Waals surface area contributed by atoms with Gasteiger partial charge in [0.05, 0.1) is 12.1 Å². The fourth-order valence-corrected chi connectivity index (χ4v) is 4.77. The highest BCUT2D eigenvalue weighted by Gasteiger charge is 2.42. The number of carboxylic acid groups (broad SMARTS) is 1. The first-order chi connectivity index (χ1) is 16.4. The molecule has 0 radical (unpaired) electrons. The molecule has 2 aliphatic heterocycles. The summed E-state index contributed by atoms with van der Waals surface area (Å²) in [7, 11) is 0. The van der Waals surface area contributed by atoms with Crippen molar-refractivity contribution in [3.8, 4) is 6.01 Å². The minimum atomic E-state index is -4.40. The number of aromatic nitrogens is 2. The van der Waals surface area contributed by atoms with Crippen molar-refractivity contribution in [3.63, 3.8) is 0 Å². The monoisotopic (exact) mass is 497 g/mol. The summed E-state index contributed by atoms with van der Waals surface area (Å²) in [6.07, 6.45) is -2.54. The maximum atomic E-state index is 12.7. The summed E-state index contributed by atoms with van der Waals surface area (Å²) in [5.74, 6) is -0.257. The number of likely N-dealkylation sites (tertiary alicyclic amines) is 1. The molecule has 13 heteroatoms. The van der Waals surface area contributed by atoms with E-state index in [1.165, 1.54) is 23.2 Å². The molecule has 0 saturated carbocycles. The summed E-state index contributed by atoms with van der Waals surface area (Å²) in [6, 6.07) is 4.81. The van der Waals surface area contributed by atoms with Crippen LogP contribution >= 0.6 is 0 Å². The number of alkyl halides is 3. The predicted molar refractivity (Wildman–Crippen MR) is 117 cm³/mol. The highest BCUT2D eigenvalue weighted by molar-refractivity contribution is 5.65. The summed E-state index contributed by atoms with van der Waals surface area (Å²) >= 11 is 0. The minimum absolute atomic E-state index is 0.186. The lowest BCUT2D eigenvalue weighted by atomic mass is 9.99. The highest BCUT2D eigenvalue weighted by atomic mass is 19.4. The topological polar surface area (TPSA) is 114 Å². The number of benzene rings is 1. The van der Waals surface area contributed by atoms with Gasteiger partial charge >= 0.3 is 24.1 Å². The normalized spacial score (nSPS) is 20.9. The Kier molecular flexibility index (Phi) is 6.62. The summed E-state index contributed by atoms with van der Waals surface area (Å²) in [5, 5.41) is 20.6. The van der Waals surface area contributed by atoms with Crippen molar-refractivity contribution in [1.29, 1.82) is 0 Å². The highest BCUT2D eigenvalue weighted by Crippen LogP contribution is 2.32. The first kappa shape index (κ1) is 24.8. The van der Waals surface area contributed by atoms with E-state index >= 15 is 0 Å². The zero-order valence-electron chi connectivity index (χ0n) is 19.1. The number of nitro groups is 1. The van der Waals surface area contributed by atoms with E-state index in [1.54, 1.807) is 4.57 Å². The molecule has 3 heterocycles. The number of ether oxygens (including phenoxy) is 1. The van der Waals surface area contributed by atoms with E-state index in [2.05, 4.69) is 9.88 Å². The number of rotatable bonds is 7. The van der Waals surface area contributed by atoms with E-state index in [0.29, 0.717) is 51.0 Å². The van der Waals surface area contributed by atoms with Gasteiger partial charge in [0.15, 0.2) is 0 Å². The van der Waals surface area contributed by atoms with Crippen LogP contribution in [0.2, 0.25) is 0 Å². The van der Waals surface area contributed by atoms with Gasteiger partial charge in [-0.05, 0) is 48.8 Å². The molecule has 1 fully saturated rings. The third-order valence-corrected chi connectivity index (χ3v) is 6.48. The number of halogens is 3. The summed E-state index contributed by atoms with van der Waals surface area (Å²) in [4.78, 5) is 29.6. The number of imidazole rings is 1. The van der Waals surface area contributed by atoms with Crippen molar-refractivity contribution in [2.24, 2.45) is 0 Å². The Hall–Kier alpha value is -3.35. The number of amides is 1. The van der Waals surface area contributed by atoms with Crippen LogP contribution in [0.15, 0.2) is 30.5 Å². The van der Waals surface area contributed by atoms with Crippen LogP contribution in [0.5, 0.6) is 6.01 Å². The lowest BCUT2D eigenvalue weighted by Crippen LogP contribution is -2.52. The third-order valence-electron chi connectivity index (χ3n) is 6.48. The van der Waals surface area contributed by atoms with Gasteiger partial charge in [-0.1, -0.05) is 12.1 Å². The molecular weight excluding hydrogens is 471 g/mol. The molecule has 1 atom stereocenters. The van der Waals surface area contributed by atoms with Crippen molar-refractivity contribution >= 4 is 11.9 Å². The Morgan fingerprint density at radius 3 is 2.51 bits per heavy atom. The van der Waals surface area contributed by atoms with Crippen LogP contribution in [0, 0.1) is 10.1 Å². The average molecular weight is 497 g/mol. The van der Waals surface area contributed by atoms with Gasteiger partial charge in [-0.3, -0.25) is 9.47 Å². The molecule has 2 aliphatic rings. The Labute approximate surface area is 199 Å². The Morgan fingerprint density at radius 2 is 1.97 bits per heavy atom. The third kappa shape index (κ3) is 5.66. The van der Waals surface area contributed by atoms with Crippen molar-refractivity contribution < 1.29 is 32.7 Å². The van der Waals surface area contributed by atoms with Gasteiger partial charge in [-0.2, -0.15) is 13.2 Å². The van der Waals surface area contributed by atoms with Gasteiger partial charge in [0, 0.05) is 37.2 Å². The largest absolute Gasteiger partial charge is 0.465 e. The quantitative estimate of drug-likeness (QED) is 0.459. The molecule has 10 nitrogen and oxygen atoms in total. The zero-order chi connectivity index (χ0) is 25.4. The van der Waals surface area contributed by atoms with E-state index < -0.39 is 28.4 Å². The number of carbonyl (C=O) groups is 1. The molecule has 0 spiro atoms. The Bertz CT molecular complexity index is 1060. The average Bonchev–Trinajstić information content (AvgIpc) is 3.29. The maximum absolute atomic E-state index is 12.7. The zero-order valence-corrected chi connectivity index (χ0v) is 19.1. The molecule has 0 aliphatic carbocycles. The molecule has 190 valence electrons. The van der Waals surface area contributed by atoms with Gasteiger partial charge in [-0.25, -0.2) is 4.79 Å². The maximum Gasteiger partial charge on any atom is 0.416 e.